The van der Waals surface area contributed by atoms with E-state index < -0.39 is 0 Å². The van der Waals surface area contributed by atoms with Crippen LogP contribution in [0.25, 0.3) is 11.1 Å². The van der Waals surface area contributed by atoms with E-state index in [0.717, 1.165) is 42.8 Å². The summed E-state index contributed by atoms with van der Waals surface area (Å²) in [6, 6.07) is 20.2. The minimum atomic E-state index is -0.174. The van der Waals surface area contributed by atoms with Gasteiger partial charge in [0.2, 0.25) is 0 Å². The quantitative estimate of drug-likeness (QED) is 0.608. The van der Waals surface area contributed by atoms with Crippen molar-refractivity contribution in [1.29, 1.82) is 0 Å². The van der Waals surface area contributed by atoms with E-state index in [-0.39, 0.29) is 5.91 Å². The first-order chi connectivity index (χ1) is 14.3. The van der Waals surface area contributed by atoms with Crippen molar-refractivity contribution in [3.05, 3.63) is 72.6 Å². The molecule has 1 aromatic heterocycles. The molecular formula is C23H26N4O2. The highest BCUT2D eigenvalue weighted by atomic mass is 16.5. The molecule has 0 bridgehead atoms. The Kier molecular flexibility index (Phi) is 6.22. The maximum atomic E-state index is 12.4. The highest BCUT2D eigenvalue weighted by Gasteiger charge is 2.17. The van der Waals surface area contributed by atoms with Crippen molar-refractivity contribution in [2.45, 2.75) is 18.9 Å². The maximum Gasteiger partial charge on any atom is 0.271 e. The Morgan fingerprint density at radius 2 is 1.97 bits per heavy atom. The third-order valence-corrected chi connectivity index (χ3v) is 5.10. The molecule has 1 saturated heterocycles. The van der Waals surface area contributed by atoms with Gasteiger partial charge in [-0.1, -0.05) is 48.5 Å². The van der Waals surface area contributed by atoms with E-state index in [9.17, 15) is 4.79 Å². The molecule has 0 saturated carbocycles. The fourth-order valence-corrected chi connectivity index (χ4v) is 3.59. The van der Waals surface area contributed by atoms with Gasteiger partial charge in [-0.2, -0.15) is 5.10 Å². The number of benzene rings is 2. The summed E-state index contributed by atoms with van der Waals surface area (Å²) in [5, 5.41) is 10.7. The summed E-state index contributed by atoms with van der Waals surface area (Å²) < 4.78 is 7.83. The highest BCUT2D eigenvalue weighted by molar-refractivity contribution is 5.92. The molecule has 0 aliphatic carbocycles. The molecular weight excluding hydrogens is 364 g/mol. The molecule has 1 atom stereocenters. The van der Waals surface area contributed by atoms with E-state index in [0.29, 0.717) is 24.9 Å². The summed E-state index contributed by atoms with van der Waals surface area (Å²) in [6.45, 7) is 2.76. The number of rotatable bonds is 7. The lowest BCUT2D eigenvalue weighted by molar-refractivity contribution is 0.0940. The predicted molar refractivity (Wildman–Crippen MR) is 113 cm³/mol. The first-order valence-electron chi connectivity index (χ1n) is 10.1. The van der Waals surface area contributed by atoms with Crippen LogP contribution in [0.2, 0.25) is 0 Å². The van der Waals surface area contributed by atoms with E-state index in [2.05, 4.69) is 27.9 Å². The van der Waals surface area contributed by atoms with E-state index in [1.54, 1.807) is 6.07 Å². The number of piperidine rings is 1. The van der Waals surface area contributed by atoms with E-state index in [1.165, 1.54) is 0 Å². The molecule has 1 amide bonds. The first kappa shape index (κ1) is 19.2. The summed E-state index contributed by atoms with van der Waals surface area (Å²) in [7, 11) is 0. The van der Waals surface area contributed by atoms with Crippen LogP contribution in [0, 0.1) is 0 Å². The number of hydrogen-bond donors (Lipinski definition) is 2. The van der Waals surface area contributed by atoms with Gasteiger partial charge in [0, 0.05) is 18.3 Å². The monoisotopic (exact) mass is 390 g/mol. The number of carbonyl (C=O) groups excluding carboxylic acids is 1. The van der Waals surface area contributed by atoms with Gasteiger partial charge in [0.25, 0.3) is 5.91 Å². The topological polar surface area (TPSA) is 68.2 Å². The van der Waals surface area contributed by atoms with Crippen LogP contribution in [0.1, 0.15) is 29.4 Å². The zero-order chi connectivity index (χ0) is 19.9. The van der Waals surface area contributed by atoms with E-state index in [4.69, 9.17) is 4.74 Å². The van der Waals surface area contributed by atoms with Gasteiger partial charge in [0.15, 0.2) is 0 Å². The first-order valence-corrected chi connectivity index (χ1v) is 10.1. The molecule has 0 radical (unpaired) electrons. The Morgan fingerprint density at radius 3 is 2.79 bits per heavy atom. The molecule has 1 aliphatic rings. The smallest absolute Gasteiger partial charge is 0.271 e. The average Bonchev–Trinajstić information content (AvgIpc) is 3.29. The van der Waals surface area contributed by atoms with Crippen molar-refractivity contribution in [2.24, 2.45) is 0 Å². The Morgan fingerprint density at radius 1 is 1.14 bits per heavy atom. The molecule has 2 heterocycles. The zero-order valence-electron chi connectivity index (χ0n) is 16.4. The fraction of sp³-hybridized carbons (Fsp3) is 0.304. The second-order valence-electron chi connectivity index (χ2n) is 7.15. The molecule has 3 aromatic rings. The van der Waals surface area contributed by atoms with Gasteiger partial charge in [0.05, 0.1) is 12.6 Å². The van der Waals surface area contributed by atoms with Crippen molar-refractivity contribution in [3.63, 3.8) is 0 Å². The van der Waals surface area contributed by atoms with Gasteiger partial charge in [-0.25, -0.2) is 0 Å². The number of nitrogens with zero attached hydrogens (tertiary/aromatic N) is 2. The number of carbonyl (C=O) groups is 1. The van der Waals surface area contributed by atoms with Crippen LogP contribution in [0.3, 0.4) is 0 Å². The Hall–Kier alpha value is -3.12. The minimum absolute atomic E-state index is 0.174. The van der Waals surface area contributed by atoms with Crippen LogP contribution in [0.4, 0.5) is 0 Å². The second kappa shape index (κ2) is 9.39. The summed E-state index contributed by atoms with van der Waals surface area (Å²) in [5.74, 6) is 0.634. The number of nitrogens with one attached hydrogen (secondary N) is 2. The molecule has 29 heavy (non-hydrogen) atoms. The molecule has 1 aliphatic heterocycles. The van der Waals surface area contributed by atoms with Crippen molar-refractivity contribution in [2.75, 3.05) is 26.2 Å². The van der Waals surface area contributed by atoms with Gasteiger partial charge in [0.1, 0.15) is 18.1 Å². The van der Waals surface area contributed by atoms with Crippen molar-refractivity contribution >= 4 is 5.91 Å². The molecule has 2 aromatic carbocycles. The Bertz CT molecular complexity index is 933. The van der Waals surface area contributed by atoms with Gasteiger partial charge in [-0.15, -0.1) is 0 Å². The number of hydrogen-bond acceptors (Lipinski definition) is 4. The number of amides is 1. The largest absolute Gasteiger partial charge is 0.491 e. The summed E-state index contributed by atoms with van der Waals surface area (Å²) in [4.78, 5) is 12.4. The summed E-state index contributed by atoms with van der Waals surface area (Å²) in [6.07, 6.45) is 4.11. The molecule has 6 nitrogen and oxygen atoms in total. The summed E-state index contributed by atoms with van der Waals surface area (Å²) in [5.41, 5.74) is 2.59. The maximum absolute atomic E-state index is 12.4. The summed E-state index contributed by atoms with van der Waals surface area (Å²) >= 11 is 0. The van der Waals surface area contributed by atoms with Crippen LogP contribution < -0.4 is 15.4 Å². The second-order valence-corrected chi connectivity index (χ2v) is 7.15. The Labute approximate surface area is 170 Å². The molecule has 2 N–H and O–H groups in total. The third kappa shape index (κ3) is 4.84. The van der Waals surface area contributed by atoms with Crippen LogP contribution in [0.15, 0.2) is 66.9 Å². The van der Waals surface area contributed by atoms with Gasteiger partial charge >= 0.3 is 0 Å². The number of para-hydroxylation sites is 1. The molecule has 6 heteroatoms. The van der Waals surface area contributed by atoms with Crippen molar-refractivity contribution in [3.8, 4) is 16.9 Å². The lowest BCUT2D eigenvalue weighted by Crippen LogP contribution is -2.32. The molecule has 1 fully saturated rings. The lowest BCUT2D eigenvalue weighted by atomic mass is 10.1. The van der Waals surface area contributed by atoms with E-state index >= 15 is 0 Å². The SMILES string of the molecule is O=C(NCCOc1ccccc1-c1ccccc1)c1ccn(C2CCCNC2)n1. The standard InChI is InChI=1S/C23H26N4O2/c28-23(21-12-15-27(26-21)19-9-6-13-24-17-19)25-14-16-29-22-11-5-4-10-20(22)18-7-2-1-3-8-18/h1-5,7-8,10-12,15,19,24H,6,9,13-14,16-17H2,(H,25,28). The molecule has 1 unspecified atom stereocenters. The average molecular weight is 390 g/mol. The normalized spacial score (nSPS) is 16.3. The number of aromatic nitrogens is 2. The van der Waals surface area contributed by atoms with Crippen molar-refractivity contribution in [1.82, 2.24) is 20.4 Å². The molecule has 4 rings (SSSR count). The third-order valence-electron chi connectivity index (χ3n) is 5.10. The highest BCUT2D eigenvalue weighted by Crippen LogP contribution is 2.29. The van der Waals surface area contributed by atoms with Crippen molar-refractivity contribution < 1.29 is 9.53 Å². The van der Waals surface area contributed by atoms with Crippen LogP contribution in [0.5, 0.6) is 5.75 Å². The Balaban J connectivity index is 1.29. The van der Waals surface area contributed by atoms with Crippen LogP contribution in [-0.4, -0.2) is 41.9 Å². The number of ether oxygens (including phenoxy) is 1. The van der Waals surface area contributed by atoms with Gasteiger partial charge in [-0.3, -0.25) is 9.48 Å². The zero-order valence-corrected chi connectivity index (χ0v) is 16.4. The van der Waals surface area contributed by atoms with Crippen LogP contribution in [-0.2, 0) is 0 Å². The van der Waals surface area contributed by atoms with Crippen LogP contribution >= 0.6 is 0 Å². The lowest BCUT2D eigenvalue weighted by Gasteiger charge is -2.22. The molecule has 0 spiro atoms. The predicted octanol–water partition coefficient (Wildman–Crippen LogP) is 3.28. The fourth-order valence-electron chi connectivity index (χ4n) is 3.59. The van der Waals surface area contributed by atoms with E-state index in [1.807, 2.05) is 53.3 Å². The minimum Gasteiger partial charge on any atom is -0.491 e. The van der Waals surface area contributed by atoms with Gasteiger partial charge < -0.3 is 15.4 Å². The molecule has 150 valence electrons. The van der Waals surface area contributed by atoms with Gasteiger partial charge in [-0.05, 0) is 37.1 Å².